The van der Waals surface area contributed by atoms with Crippen LogP contribution in [0, 0.1) is 5.82 Å². The van der Waals surface area contributed by atoms with Crippen LogP contribution < -0.4 is 14.8 Å². The van der Waals surface area contributed by atoms with Crippen molar-refractivity contribution in [2.75, 3.05) is 19.5 Å². The number of thioether (sulfide) groups is 1. The number of methoxy groups -OCH3 is 2. The molecule has 0 unspecified atom stereocenters. The minimum absolute atomic E-state index is 0.178. The second-order valence-corrected chi connectivity index (χ2v) is 6.16. The van der Waals surface area contributed by atoms with E-state index >= 15 is 0 Å². The molecule has 0 fully saturated rings. The standard InChI is InChI=1S/C17H18FNO3S/c1-11(17(20)19-14-7-5-4-6-13(14)18)23-12-8-9-15(21-2)16(10-12)22-3/h4-11H,1-3H3,(H,19,20)/t11-/m1/s1. The smallest absolute Gasteiger partial charge is 0.237 e. The Morgan fingerprint density at radius 1 is 1.13 bits per heavy atom. The van der Waals surface area contributed by atoms with Crippen LogP contribution in [0.2, 0.25) is 0 Å². The second kappa shape index (κ2) is 7.87. The number of carbonyl (C=O) groups is 1. The van der Waals surface area contributed by atoms with Crippen LogP contribution in [0.1, 0.15) is 6.92 Å². The highest BCUT2D eigenvalue weighted by Crippen LogP contribution is 2.33. The molecule has 0 heterocycles. The molecule has 2 aromatic carbocycles. The number of halogens is 1. The highest BCUT2D eigenvalue weighted by molar-refractivity contribution is 8.00. The summed E-state index contributed by atoms with van der Waals surface area (Å²) in [6.07, 6.45) is 0. The lowest BCUT2D eigenvalue weighted by atomic mass is 10.3. The van der Waals surface area contributed by atoms with Gasteiger partial charge in [0, 0.05) is 4.90 Å². The van der Waals surface area contributed by atoms with Gasteiger partial charge in [0.2, 0.25) is 5.91 Å². The largest absolute Gasteiger partial charge is 0.493 e. The van der Waals surface area contributed by atoms with E-state index in [4.69, 9.17) is 9.47 Å². The van der Waals surface area contributed by atoms with Gasteiger partial charge >= 0.3 is 0 Å². The van der Waals surface area contributed by atoms with Crippen LogP contribution in [0.4, 0.5) is 10.1 Å². The summed E-state index contributed by atoms with van der Waals surface area (Å²) in [4.78, 5) is 13.1. The number of amides is 1. The summed E-state index contributed by atoms with van der Waals surface area (Å²) in [5.74, 6) is 0.499. The van der Waals surface area contributed by atoms with Gasteiger partial charge in [-0.15, -0.1) is 11.8 Å². The molecule has 0 radical (unpaired) electrons. The van der Waals surface area contributed by atoms with E-state index in [0.29, 0.717) is 11.5 Å². The summed E-state index contributed by atoms with van der Waals surface area (Å²) in [6.45, 7) is 1.76. The van der Waals surface area contributed by atoms with Crippen molar-refractivity contribution < 1.29 is 18.7 Å². The van der Waals surface area contributed by atoms with Gasteiger partial charge < -0.3 is 14.8 Å². The molecule has 0 bridgehead atoms. The van der Waals surface area contributed by atoms with Crippen molar-refractivity contribution in [1.29, 1.82) is 0 Å². The zero-order valence-corrected chi connectivity index (χ0v) is 13.9. The minimum atomic E-state index is -0.454. The molecule has 0 saturated carbocycles. The molecule has 23 heavy (non-hydrogen) atoms. The number of ether oxygens (including phenoxy) is 2. The van der Waals surface area contributed by atoms with E-state index < -0.39 is 11.1 Å². The molecule has 1 amide bonds. The van der Waals surface area contributed by atoms with E-state index in [0.717, 1.165) is 4.90 Å². The molecule has 2 aromatic rings. The number of benzene rings is 2. The predicted molar refractivity (Wildman–Crippen MR) is 89.9 cm³/mol. The molecular weight excluding hydrogens is 317 g/mol. The fourth-order valence-electron chi connectivity index (χ4n) is 1.94. The van der Waals surface area contributed by atoms with Crippen LogP contribution in [0.25, 0.3) is 0 Å². The first-order valence-corrected chi connectivity index (χ1v) is 7.87. The molecule has 0 saturated heterocycles. The zero-order valence-electron chi connectivity index (χ0n) is 13.1. The molecule has 0 spiro atoms. The van der Waals surface area contributed by atoms with Gasteiger partial charge in [0.25, 0.3) is 0 Å². The van der Waals surface area contributed by atoms with Crippen LogP contribution in [0.15, 0.2) is 47.4 Å². The highest BCUT2D eigenvalue weighted by atomic mass is 32.2. The first kappa shape index (κ1) is 17.1. The van der Waals surface area contributed by atoms with E-state index in [1.807, 2.05) is 6.07 Å². The van der Waals surface area contributed by atoms with E-state index in [1.54, 1.807) is 45.4 Å². The molecule has 6 heteroatoms. The summed E-state index contributed by atoms with van der Waals surface area (Å²) in [5, 5.41) is 2.20. The molecule has 122 valence electrons. The van der Waals surface area contributed by atoms with Gasteiger partial charge in [-0.2, -0.15) is 0 Å². The maximum atomic E-state index is 13.6. The fourth-order valence-corrected chi connectivity index (χ4v) is 2.84. The quantitative estimate of drug-likeness (QED) is 0.812. The lowest BCUT2D eigenvalue weighted by molar-refractivity contribution is -0.115. The lowest BCUT2D eigenvalue weighted by Gasteiger charge is -2.14. The van der Waals surface area contributed by atoms with Crippen LogP contribution >= 0.6 is 11.8 Å². The average molecular weight is 335 g/mol. The van der Waals surface area contributed by atoms with Crippen molar-refractivity contribution in [1.82, 2.24) is 0 Å². The Kier molecular flexibility index (Phi) is 5.87. The van der Waals surface area contributed by atoms with E-state index in [2.05, 4.69) is 5.32 Å². The summed E-state index contributed by atoms with van der Waals surface area (Å²) < 4.78 is 24.0. The third-order valence-corrected chi connectivity index (χ3v) is 4.26. The van der Waals surface area contributed by atoms with E-state index in [9.17, 15) is 9.18 Å². The third kappa shape index (κ3) is 4.39. The molecule has 2 rings (SSSR count). The molecule has 1 atom stereocenters. The highest BCUT2D eigenvalue weighted by Gasteiger charge is 2.17. The number of rotatable bonds is 6. The molecular formula is C17H18FNO3S. The Labute approximate surface area is 139 Å². The van der Waals surface area contributed by atoms with Gasteiger partial charge in [0.15, 0.2) is 11.5 Å². The van der Waals surface area contributed by atoms with Crippen molar-refractivity contribution in [3.8, 4) is 11.5 Å². The normalized spacial score (nSPS) is 11.7. The van der Waals surface area contributed by atoms with Crippen molar-refractivity contribution in [2.24, 2.45) is 0 Å². The molecule has 0 aliphatic heterocycles. The Bertz CT molecular complexity index is 693. The number of nitrogens with one attached hydrogen (secondary N) is 1. The van der Waals surface area contributed by atoms with Crippen molar-refractivity contribution in [2.45, 2.75) is 17.1 Å². The van der Waals surface area contributed by atoms with Crippen LogP contribution in [-0.2, 0) is 4.79 Å². The average Bonchev–Trinajstić information content (AvgIpc) is 2.56. The van der Waals surface area contributed by atoms with E-state index in [1.165, 1.54) is 23.9 Å². The van der Waals surface area contributed by atoms with Crippen LogP contribution in [0.5, 0.6) is 11.5 Å². The number of para-hydroxylation sites is 1. The Hall–Kier alpha value is -2.21. The van der Waals surface area contributed by atoms with Crippen LogP contribution in [-0.4, -0.2) is 25.4 Å². The van der Waals surface area contributed by atoms with Crippen molar-refractivity contribution >= 4 is 23.4 Å². The maximum Gasteiger partial charge on any atom is 0.237 e. The SMILES string of the molecule is COc1ccc(S[C@H](C)C(=O)Nc2ccccc2F)cc1OC. The van der Waals surface area contributed by atoms with E-state index in [-0.39, 0.29) is 11.6 Å². The Morgan fingerprint density at radius 3 is 2.48 bits per heavy atom. The van der Waals surface area contributed by atoms with Gasteiger partial charge in [-0.1, -0.05) is 12.1 Å². The monoisotopic (exact) mass is 335 g/mol. The molecule has 0 aliphatic rings. The zero-order chi connectivity index (χ0) is 16.8. The predicted octanol–water partition coefficient (Wildman–Crippen LogP) is 3.96. The minimum Gasteiger partial charge on any atom is -0.493 e. The van der Waals surface area contributed by atoms with Gasteiger partial charge in [-0.3, -0.25) is 4.79 Å². The number of hydrogen-bond acceptors (Lipinski definition) is 4. The second-order valence-electron chi connectivity index (χ2n) is 4.75. The topological polar surface area (TPSA) is 47.6 Å². The van der Waals surface area contributed by atoms with Crippen LogP contribution in [0.3, 0.4) is 0 Å². The summed E-state index contributed by atoms with van der Waals surface area (Å²) >= 11 is 1.36. The first-order valence-electron chi connectivity index (χ1n) is 6.99. The number of anilines is 1. The van der Waals surface area contributed by atoms with Gasteiger partial charge in [-0.25, -0.2) is 4.39 Å². The van der Waals surface area contributed by atoms with Crippen molar-refractivity contribution in [3.63, 3.8) is 0 Å². The van der Waals surface area contributed by atoms with Gasteiger partial charge in [0.05, 0.1) is 25.2 Å². The fraction of sp³-hybridized carbons (Fsp3) is 0.235. The van der Waals surface area contributed by atoms with Gasteiger partial charge in [0.1, 0.15) is 5.82 Å². The molecule has 0 aliphatic carbocycles. The molecule has 4 nitrogen and oxygen atoms in total. The molecule has 1 N–H and O–H groups in total. The Balaban J connectivity index is 2.05. The van der Waals surface area contributed by atoms with Gasteiger partial charge in [-0.05, 0) is 37.3 Å². The summed E-state index contributed by atoms with van der Waals surface area (Å²) in [5.41, 5.74) is 0.178. The number of hydrogen-bond donors (Lipinski definition) is 1. The third-order valence-electron chi connectivity index (χ3n) is 3.17. The maximum absolute atomic E-state index is 13.6. The first-order chi connectivity index (χ1) is 11.0. The van der Waals surface area contributed by atoms with Crippen molar-refractivity contribution in [3.05, 3.63) is 48.3 Å². The molecule has 0 aromatic heterocycles. The Morgan fingerprint density at radius 2 is 1.83 bits per heavy atom. The number of carbonyl (C=O) groups excluding carboxylic acids is 1. The summed E-state index contributed by atoms with van der Waals surface area (Å²) in [7, 11) is 3.12. The summed E-state index contributed by atoms with van der Waals surface area (Å²) in [6, 6.07) is 11.5. The lowest BCUT2D eigenvalue weighted by Crippen LogP contribution is -2.22.